The fourth-order valence-electron chi connectivity index (χ4n) is 4.79. The van der Waals surface area contributed by atoms with E-state index < -0.39 is 18.4 Å². The number of rotatable bonds is 6. The molecule has 0 saturated heterocycles. The third kappa shape index (κ3) is 4.07. The van der Waals surface area contributed by atoms with E-state index >= 15 is 0 Å². The molecule has 0 radical (unpaired) electrons. The Morgan fingerprint density at radius 2 is 0.727 bits per heavy atom. The molecule has 0 spiro atoms. The van der Waals surface area contributed by atoms with Crippen molar-refractivity contribution < 1.29 is 0 Å². The van der Waals surface area contributed by atoms with Crippen LogP contribution in [0.15, 0.2) is 146 Å². The van der Waals surface area contributed by atoms with Crippen LogP contribution in [0.2, 0.25) is 0 Å². The Balaban J connectivity index is 1.73. The van der Waals surface area contributed by atoms with E-state index in [0.717, 1.165) is 5.56 Å². The fourth-order valence-corrected chi connectivity index (χ4v) is 18.3. The van der Waals surface area contributed by atoms with Crippen LogP contribution < -0.4 is 14.3 Å². The molecule has 1 heteroatoms. The van der Waals surface area contributed by atoms with E-state index in [1.54, 1.807) is 0 Å². The molecule has 0 aliphatic heterocycles. The predicted molar refractivity (Wildman–Crippen MR) is 146 cm³/mol. The Morgan fingerprint density at radius 3 is 1.09 bits per heavy atom. The van der Waals surface area contributed by atoms with Gasteiger partial charge in [0.25, 0.3) is 0 Å². The Labute approximate surface area is 200 Å². The standard InChI is InChI=1S/C14H11.3C6H5.Sn/c1-2-12-8-10-14(11-9-12)13-6-4-3-5-7-13;3*1-2-4-6-5-3-1;/h2,4-11H,1H2;3*1-5H;. The molecule has 33 heavy (non-hydrogen) atoms. The van der Waals surface area contributed by atoms with Crippen molar-refractivity contribution in [3.8, 4) is 11.1 Å². The van der Waals surface area contributed by atoms with Crippen molar-refractivity contribution in [1.29, 1.82) is 0 Å². The second kappa shape index (κ2) is 9.64. The molecule has 0 amide bonds. The van der Waals surface area contributed by atoms with E-state index in [4.69, 9.17) is 0 Å². The molecule has 0 fully saturated rings. The average Bonchev–Trinajstić information content (AvgIpc) is 2.91. The normalized spacial score (nSPS) is 11.2. The van der Waals surface area contributed by atoms with Crippen molar-refractivity contribution >= 4 is 38.8 Å². The summed E-state index contributed by atoms with van der Waals surface area (Å²) in [4.78, 5) is 0. The zero-order chi connectivity index (χ0) is 22.5. The Morgan fingerprint density at radius 1 is 0.394 bits per heavy atom. The van der Waals surface area contributed by atoms with Crippen LogP contribution in [-0.4, -0.2) is 18.4 Å². The summed E-state index contributed by atoms with van der Waals surface area (Å²) in [5.41, 5.74) is 3.61. The van der Waals surface area contributed by atoms with Gasteiger partial charge in [0.2, 0.25) is 0 Å². The van der Waals surface area contributed by atoms with E-state index in [2.05, 4.69) is 146 Å². The predicted octanol–water partition coefficient (Wildman–Crippen LogP) is 5.37. The third-order valence-electron chi connectivity index (χ3n) is 6.42. The Hall–Kier alpha value is -3.36. The van der Waals surface area contributed by atoms with Crippen LogP contribution >= 0.6 is 0 Å². The molecule has 0 aliphatic rings. The first-order chi connectivity index (χ1) is 16.3. The SMILES string of the molecule is C=Cc1ccc(-c2cc[c]([Sn]([c]3ccccc3)([c]3ccccc3)[c]3ccccc3)cc2)cc1. The molecule has 5 aromatic rings. The summed E-state index contributed by atoms with van der Waals surface area (Å²) in [6.07, 6.45) is 1.88. The van der Waals surface area contributed by atoms with Gasteiger partial charge in [-0.05, 0) is 0 Å². The first-order valence-corrected chi connectivity index (χ1v) is 17.0. The van der Waals surface area contributed by atoms with Gasteiger partial charge in [0.1, 0.15) is 0 Å². The Kier molecular flexibility index (Phi) is 6.28. The van der Waals surface area contributed by atoms with Crippen molar-refractivity contribution in [1.82, 2.24) is 0 Å². The van der Waals surface area contributed by atoms with E-state index in [1.807, 2.05) is 6.08 Å². The summed E-state index contributed by atoms with van der Waals surface area (Å²) in [6, 6.07) is 51.4. The van der Waals surface area contributed by atoms with Crippen LogP contribution in [0, 0.1) is 0 Å². The summed E-state index contributed by atoms with van der Waals surface area (Å²) in [6.45, 7) is 3.87. The second-order valence-electron chi connectivity index (χ2n) is 8.25. The molecule has 0 bridgehead atoms. The van der Waals surface area contributed by atoms with E-state index in [-0.39, 0.29) is 0 Å². The van der Waals surface area contributed by atoms with Gasteiger partial charge in [-0.15, -0.1) is 0 Å². The van der Waals surface area contributed by atoms with Gasteiger partial charge >= 0.3 is 202 Å². The second-order valence-corrected chi connectivity index (χ2v) is 19.1. The molecular formula is C32H26Sn. The first-order valence-electron chi connectivity index (χ1n) is 11.3. The molecule has 158 valence electrons. The first kappa shape index (κ1) is 21.5. The zero-order valence-electron chi connectivity index (χ0n) is 18.6. The maximum atomic E-state index is 3.87. The van der Waals surface area contributed by atoms with E-state index in [0.29, 0.717) is 0 Å². The summed E-state index contributed by atoms with van der Waals surface area (Å²) in [5.74, 6) is 0. The van der Waals surface area contributed by atoms with Crippen LogP contribution in [0.1, 0.15) is 5.56 Å². The van der Waals surface area contributed by atoms with Crippen LogP contribution in [0.5, 0.6) is 0 Å². The van der Waals surface area contributed by atoms with Gasteiger partial charge in [-0.1, -0.05) is 0 Å². The van der Waals surface area contributed by atoms with Crippen molar-refractivity contribution in [2.24, 2.45) is 0 Å². The maximum absolute atomic E-state index is 3.87. The van der Waals surface area contributed by atoms with Gasteiger partial charge in [-0.3, -0.25) is 0 Å². The molecular weight excluding hydrogens is 503 g/mol. The molecule has 0 aliphatic carbocycles. The van der Waals surface area contributed by atoms with Crippen molar-refractivity contribution in [2.75, 3.05) is 0 Å². The topological polar surface area (TPSA) is 0 Å². The molecule has 0 nitrogen and oxygen atoms in total. The molecule has 0 N–H and O–H groups in total. The third-order valence-corrected chi connectivity index (χ3v) is 20.1. The van der Waals surface area contributed by atoms with Crippen molar-refractivity contribution in [3.05, 3.63) is 152 Å². The fraction of sp³-hybridized carbons (Fsp3) is 0. The molecule has 0 heterocycles. The minimum atomic E-state index is -3.50. The monoisotopic (exact) mass is 530 g/mol. The number of benzene rings is 5. The Bertz CT molecular complexity index is 1220. The van der Waals surface area contributed by atoms with Gasteiger partial charge in [-0.2, -0.15) is 0 Å². The minimum absolute atomic E-state index is 1.14. The molecule has 0 unspecified atom stereocenters. The van der Waals surface area contributed by atoms with Gasteiger partial charge in [0, 0.05) is 0 Å². The molecule has 0 saturated carbocycles. The van der Waals surface area contributed by atoms with Gasteiger partial charge in [0.15, 0.2) is 0 Å². The quantitative estimate of drug-likeness (QED) is 0.260. The molecule has 0 aromatic heterocycles. The molecule has 5 aromatic carbocycles. The molecule has 5 rings (SSSR count). The van der Waals surface area contributed by atoms with Crippen LogP contribution in [0.4, 0.5) is 0 Å². The summed E-state index contributed by atoms with van der Waals surface area (Å²) in [5, 5.41) is 0. The summed E-state index contributed by atoms with van der Waals surface area (Å²) >= 11 is -3.50. The van der Waals surface area contributed by atoms with Crippen LogP contribution in [0.3, 0.4) is 0 Å². The van der Waals surface area contributed by atoms with Crippen LogP contribution in [-0.2, 0) is 0 Å². The van der Waals surface area contributed by atoms with E-state index in [1.165, 1.54) is 25.4 Å². The summed E-state index contributed by atoms with van der Waals surface area (Å²) in [7, 11) is 0. The van der Waals surface area contributed by atoms with Crippen LogP contribution in [0.25, 0.3) is 17.2 Å². The molecule has 0 atom stereocenters. The van der Waals surface area contributed by atoms with Crippen molar-refractivity contribution in [3.63, 3.8) is 0 Å². The van der Waals surface area contributed by atoms with Crippen molar-refractivity contribution in [2.45, 2.75) is 0 Å². The summed E-state index contributed by atoms with van der Waals surface area (Å²) < 4.78 is 5.85. The average molecular weight is 529 g/mol. The number of hydrogen-bond acceptors (Lipinski definition) is 0. The van der Waals surface area contributed by atoms with Gasteiger partial charge in [-0.25, -0.2) is 0 Å². The van der Waals surface area contributed by atoms with E-state index in [9.17, 15) is 0 Å². The van der Waals surface area contributed by atoms with Gasteiger partial charge in [0.05, 0.1) is 0 Å². The van der Waals surface area contributed by atoms with Gasteiger partial charge < -0.3 is 0 Å². The number of hydrogen-bond donors (Lipinski definition) is 0. The zero-order valence-corrected chi connectivity index (χ0v) is 21.4.